The molecule has 0 saturated heterocycles. The predicted octanol–water partition coefficient (Wildman–Crippen LogP) is 1.77. The molecule has 0 bridgehead atoms. The van der Waals surface area contributed by atoms with Crippen molar-refractivity contribution in [3.05, 3.63) is 42.0 Å². The Morgan fingerprint density at radius 2 is 2.00 bits per heavy atom. The number of rotatable bonds is 4. The minimum absolute atomic E-state index is 0.0435. The third-order valence-electron chi connectivity index (χ3n) is 2.11. The molecule has 18 heavy (non-hydrogen) atoms. The molecule has 0 spiro atoms. The quantitative estimate of drug-likeness (QED) is 0.560. The summed E-state index contributed by atoms with van der Waals surface area (Å²) in [7, 11) is 0. The van der Waals surface area contributed by atoms with Gasteiger partial charge < -0.3 is 15.5 Å². The highest BCUT2D eigenvalue weighted by atomic mass is 16.3. The van der Waals surface area contributed by atoms with Crippen LogP contribution in [0, 0.1) is 11.8 Å². The van der Waals surface area contributed by atoms with Gasteiger partial charge in [0, 0.05) is 12.1 Å². The van der Waals surface area contributed by atoms with Crippen LogP contribution in [-0.2, 0) is 0 Å². The number of anilines is 1. The van der Waals surface area contributed by atoms with Crippen molar-refractivity contribution in [2.45, 2.75) is 19.4 Å². The van der Waals surface area contributed by atoms with E-state index in [2.05, 4.69) is 17.2 Å². The maximum Gasteiger partial charge on any atom is 0.120 e. The minimum Gasteiger partial charge on any atom is -0.392 e. The Morgan fingerprint density at radius 1 is 1.28 bits per heavy atom. The summed E-state index contributed by atoms with van der Waals surface area (Å²) in [5.74, 6) is 5.75. The Bertz CT molecular complexity index is 461. The second kappa shape index (κ2) is 6.85. The van der Waals surface area contributed by atoms with Crippen molar-refractivity contribution in [2.75, 3.05) is 18.5 Å². The van der Waals surface area contributed by atoms with Gasteiger partial charge in [-0.25, -0.2) is 0 Å². The van der Waals surface area contributed by atoms with Gasteiger partial charge in [-0.3, -0.25) is 0 Å². The van der Waals surface area contributed by atoms with Gasteiger partial charge in [0.15, 0.2) is 0 Å². The van der Waals surface area contributed by atoms with Crippen molar-refractivity contribution in [3.8, 4) is 11.8 Å². The van der Waals surface area contributed by atoms with Gasteiger partial charge in [0.1, 0.15) is 5.60 Å². The van der Waals surface area contributed by atoms with E-state index in [9.17, 15) is 5.11 Å². The molecule has 0 aliphatic carbocycles. The van der Waals surface area contributed by atoms with E-state index in [1.165, 1.54) is 0 Å². The standard InChI is InChI=1S/C15H19NO2/c1-15(2,18)10-9-13-7-3-4-8-14(13)16-11-5-6-12-17/h3-8,16-18H,11-12H2,1-2H3/b6-5-. The van der Waals surface area contributed by atoms with E-state index in [0.717, 1.165) is 11.3 Å². The van der Waals surface area contributed by atoms with Crippen LogP contribution in [-0.4, -0.2) is 29.0 Å². The zero-order chi connectivity index (χ0) is 13.4. The van der Waals surface area contributed by atoms with Gasteiger partial charge in [-0.1, -0.05) is 36.1 Å². The van der Waals surface area contributed by atoms with Crippen molar-refractivity contribution < 1.29 is 10.2 Å². The molecule has 3 nitrogen and oxygen atoms in total. The summed E-state index contributed by atoms with van der Waals surface area (Å²) < 4.78 is 0. The molecule has 0 heterocycles. The Hall–Kier alpha value is -1.76. The van der Waals surface area contributed by atoms with Gasteiger partial charge in [-0.05, 0) is 26.0 Å². The monoisotopic (exact) mass is 245 g/mol. The summed E-state index contributed by atoms with van der Waals surface area (Å²) in [5, 5.41) is 21.4. The second-order valence-electron chi connectivity index (χ2n) is 4.39. The van der Waals surface area contributed by atoms with Gasteiger partial charge >= 0.3 is 0 Å². The highest BCUT2D eigenvalue weighted by Crippen LogP contribution is 2.13. The lowest BCUT2D eigenvalue weighted by molar-refractivity contribution is 0.143. The fourth-order valence-electron chi connectivity index (χ4n) is 1.29. The number of hydrogen-bond acceptors (Lipinski definition) is 3. The smallest absolute Gasteiger partial charge is 0.120 e. The number of aliphatic hydroxyl groups excluding tert-OH is 1. The van der Waals surface area contributed by atoms with E-state index in [-0.39, 0.29) is 6.61 Å². The Labute approximate surface area is 108 Å². The summed E-state index contributed by atoms with van der Waals surface area (Å²) in [6.07, 6.45) is 3.53. The van der Waals surface area contributed by atoms with Crippen LogP contribution in [0.3, 0.4) is 0 Å². The molecule has 0 saturated carbocycles. The lowest BCUT2D eigenvalue weighted by atomic mass is 10.1. The van der Waals surface area contributed by atoms with Crippen LogP contribution in [0.1, 0.15) is 19.4 Å². The van der Waals surface area contributed by atoms with E-state index in [1.807, 2.05) is 30.3 Å². The molecule has 0 aromatic heterocycles. The molecule has 1 aromatic rings. The van der Waals surface area contributed by atoms with Gasteiger partial charge in [0.2, 0.25) is 0 Å². The predicted molar refractivity (Wildman–Crippen MR) is 74.3 cm³/mol. The zero-order valence-electron chi connectivity index (χ0n) is 10.8. The molecule has 0 radical (unpaired) electrons. The molecular weight excluding hydrogens is 226 g/mol. The molecule has 0 aliphatic heterocycles. The largest absolute Gasteiger partial charge is 0.392 e. The van der Waals surface area contributed by atoms with Crippen molar-refractivity contribution in [2.24, 2.45) is 0 Å². The van der Waals surface area contributed by atoms with Crippen LogP contribution in [0.4, 0.5) is 5.69 Å². The van der Waals surface area contributed by atoms with E-state index in [4.69, 9.17) is 5.11 Å². The zero-order valence-corrected chi connectivity index (χ0v) is 10.8. The maximum absolute atomic E-state index is 9.58. The highest BCUT2D eigenvalue weighted by Gasteiger charge is 2.06. The van der Waals surface area contributed by atoms with Crippen LogP contribution in [0.25, 0.3) is 0 Å². The number of aliphatic hydroxyl groups is 2. The second-order valence-corrected chi connectivity index (χ2v) is 4.39. The Kier molecular flexibility index (Phi) is 5.44. The molecular formula is C15H19NO2. The molecule has 0 atom stereocenters. The van der Waals surface area contributed by atoms with Crippen LogP contribution in [0.15, 0.2) is 36.4 Å². The van der Waals surface area contributed by atoms with Crippen molar-refractivity contribution in [1.82, 2.24) is 0 Å². The molecule has 1 aromatic carbocycles. The molecule has 0 fully saturated rings. The normalized spacial score (nSPS) is 11.1. The first-order valence-electron chi connectivity index (χ1n) is 5.87. The first-order valence-corrected chi connectivity index (χ1v) is 5.87. The van der Waals surface area contributed by atoms with E-state index < -0.39 is 5.60 Å². The van der Waals surface area contributed by atoms with Crippen LogP contribution in [0.5, 0.6) is 0 Å². The van der Waals surface area contributed by atoms with Gasteiger partial charge in [0.25, 0.3) is 0 Å². The molecule has 3 N–H and O–H groups in total. The number of hydrogen-bond donors (Lipinski definition) is 3. The minimum atomic E-state index is -0.996. The van der Waals surface area contributed by atoms with E-state index in [0.29, 0.717) is 6.54 Å². The lowest BCUT2D eigenvalue weighted by Gasteiger charge is -2.08. The summed E-state index contributed by atoms with van der Waals surface area (Å²) in [4.78, 5) is 0. The first kappa shape index (κ1) is 14.3. The van der Waals surface area contributed by atoms with Crippen LogP contribution < -0.4 is 5.32 Å². The molecule has 0 aliphatic rings. The molecule has 1 rings (SSSR count). The third kappa shape index (κ3) is 5.53. The van der Waals surface area contributed by atoms with Crippen molar-refractivity contribution >= 4 is 5.69 Å². The lowest BCUT2D eigenvalue weighted by Crippen LogP contribution is -2.14. The SMILES string of the molecule is CC(C)(O)C#Cc1ccccc1NC/C=C\CO. The topological polar surface area (TPSA) is 52.5 Å². The Morgan fingerprint density at radius 3 is 2.67 bits per heavy atom. The van der Waals surface area contributed by atoms with Crippen LogP contribution >= 0.6 is 0 Å². The fraction of sp³-hybridized carbons (Fsp3) is 0.333. The van der Waals surface area contributed by atoms with Crippen molar-refractivity contribution in [3.63, 3.8) is 0 Å². The number of nitrogens with one attached hydrogen (secondary N) is 1. The summed E-state index contributed by atoms with van der Waals surface area (Å²) >= 11 is 0. The van der Waals surface area contributed by atoms with Crippen molar-refractivity contribution in [1.29, 1.82) is 0 Å². The highest BCUT2D eigenvalue weighted by molar-refractivity contribution is 5.59. The average Bonchev–Trinajstić information content (AvgIpc) is 2.32. The molecule has 0 amide bonds. The third-order valence-corrected chi connectivity index (χ3v) is 2.11. The number of para-hydroxylation sites is 1. The molecule has 96 valence electrons. The summed E-state index contributed by atoms with van der Waals surface area (Å²) in [5.41, 5.74) is 0.762. The van der Waals surface area contributed by atoms with Gasteiger partial charge in [0.05, 0.1) is 12.3 Å². The van der Waals surface area contributed by atoms with E-state index in [1.54, 1.807) is 19.9 Å². The average molecular weight is 245 g/mol. The Balaban J connectivity index is 2.79. The van der Waals surface area contributed by atoms with Gasteiger partial charge in [-0.15, -0.1) is 0 Å². The number of benzene rings is 1. The molecule has 3 heteroatoms. The van der Waals surface area contributed by atoms with E-state index >= 15 is 0 Å². The maximum atomic E-state index is 9.58. The first-order chi connectivity index (χ1) is 8.53. The molecule has 0 unspecified atom stereocenters. The summed E-state index contributed by atoms with van der Waals surface area (Å²) in [6.45, 7) is 3.98. The van der Waals surface area contributed by atoms with Gasteiger partial charge in [-0.2, -0.15) is 0 Å². The summed E-state index contributed by atoms with van der Waals surface area (Å²) in [6, 6.07) is 7.66. The van der Waals surface area contributed by atoms with Crippen LogP contribution in [0.2, 0.25) is 0 Å². The fourth-order valence-corrected chi connectivity index (χ4v) is 1.29.